The molecular formula is C41H53FN9O5PS2. The Morgan fingerprint density at radius 3 is 2.46 bits per heavy atom. The molecular weight excluding hydrogens is 813 g/mol. The summed E-state index contributed by atoms with van der Waals surface area (Å²) in [5.74, 6) is -0.602. The number of piperazine rings is 1. The van der Waals surface area contributed by atoms with Gasteiger partial charge in [-0.2, -0.15) is 10.2 Å². The number of hydrogen-bond donors (Lipinski definition) is 3. The third-order valence-electron chi connectivity index (χ3n) is 9.62. The van der Waals surface area contributed by atoms with Crippen molar-refractivity contribution in [3.63, 3.8) is 0 Å². The minimum absolute atomic E-state index is 0.0733. The van der Waals surface area contributed by atoms with Crippen LogP contribution < -0.4 is 10.8 Å². The van der Waals surface area contributed by atoms with Gasteiger partial charge in [0.1, 0.15) is 28.7 Å². The van der Waals surface area contributed by atoms with E-state index >= 15 is 0 Å². The Morgan fingerprint density at radius 2 is 1.76 bits per heavy atom. The zero-order valence-corrected chi connectivity index (χ0v) is 36.3. The van der Waals surface area contributed by atoms with E-state index in [-0.39, 0.29) is 42.1 Å². The number of rotatable bonds is 13. The Bertz CT molecular complexity index is 2100. The SMILES string of the molecule is C=C(CCC(=O)n1cc(-c2nc(C(=O)Nc3cn(C4CCCCC4)nc3-c3nc(P)ccc3F)cs2)cn1)OCCN1CCN(C)CC1.CCO.OSc1ccccc1. The van der Waals surface area contributed by atoms with Crippen molar-refractivity contribution in [1.29, 1.82) is 0 Å². The standard InChI is InChI=1S/C33H41FN9O3PS.C6H6OS.C2H6O/c1-22(46-17-16-41-14-12-40(2)13-15-41)8-11-29(44)43-19-23(18-35-43)33-37-27(21-48-33)32(45)36-26-20-42(24-6-4-3-5-7-24)39-31(26)30-25(34)9-10-28(47)38-30;7-8-6-4-2-1-3-5-6;1-2-3/h9-10,18-21,24H,1,3-8,11-17,47H2,2H3,(H,36,45);1-5,7H;3H,2H2,1H3. The van der Waals surface area contributed by atoms with Crippen LogP contribution in [0, 0.1) is 5.82 Å². The number of nitrogens with one attached hydrogen (secondary N) is 1. The smallest absolute Gasteiger partial charge is 0.275 e. The number of hydrogen-bond acceptors (Lipinski definition) is 13. The zero-order valence-electron chi connectivity index (χ0n) is 33.5. The third-order valence-corrected chi connectivity index (χ3v) is 11.3. The highest BCUT2D eigenvalue weighted by Crippen LogP contribution is 2.34. The predicted octanol–water partition coefficient (Wildman–Crippen LogP) is 7.11. The number of benzene rings is 1. The fraction of sp³-hybridized carbons (Fsp3) is 0.415. The monoisotopic (exact) mass is 865 g/mol. The van der Waals surface area contributed by atoms with Gasteiger partial charge in [0, 0.05) is 92.4 Å². The number of anilines is 1. The second kappa shape index (κ2) is 23.4. The van der Waals surface area contributed by atoms with Crippen molar-refractivity contribution in [2.45, 2.75) is 62.8 Å². The van der Waals surface area contributed by atoms with Crippen LogP contribution in [0.2, 0.25) is 0 Å². The maximum atomic E-state index is 14.9. The van der Waals surface area contributed by atoms with Gasteiger partial charge in [-0.1, -0.05) is 53.3 Å². The molecule has 4 aromatic heterocycles. The molecule has 0 spiro atoms. The summed E-state index contributed by atoms with van der Waals surface area (Å²) < 4.78 is 32.3. The van der Waals surface area contributed by atoms with E-state index in [1.54, 1.807) is 37.0 Å². The van der Waals surface area contributed by atoms with Crippen molar-refractivity contribution < 1.29 is 28.4 Å². The van der Waals surface area contributed by atoms with Crippen LogP contribution in [0.15, 0.2) is 83.7 Å². The van der Waals surface area contributed by atoms with E-state index in [9.17, 15) is 14.0 Å². The summed E-state index contributed by atoms with van der Waals surface area (Å²) in [6.07, 6.45) is 10.8. The molecule has 1 aromatic carbocycles. The minimum atomic E-state index is -0.522. The molecule has 1 aliphatic heterocycles. The number of thiazole rings is 1. The highest BCUT2D eigenvalue weighted by atomic mass is 32.2. The summed E-state index contributed by atoms with van der Waals surface area (Å²) in [4.78, 5) is 40.7. The fourth-order valence-corrected chi connectivity index (χ4v) is 7.67. The number of likely N-dealkylation sites (N-methyl/N-ethyl adjacent to an activating group) is 1. The van der Waals surface area contributed by atoms with Crippen LogP contribution in [0.25, 0.3) is 22.0 Å². The van der Waals surface area contributed by atoms with Crippen molar-refractivity contribution in [1.82, 2.24) is 39.3 Å². The van der Waals surface area contributed by atoms with Gasteiger partial charge in [-0.05, 0) is 51.1 Å². The van der Waals surface area contributed by atoms with Gasteiger partial charge in [-0.15, -0.1) is 11.3 Å². The van der Waals surface area contributed by atoms with Gasteiger partial charge in [0.2, 0.25) is 5.91 Å². The molecule has 1 unspecified atom stereocenters. The van der Waals surface area contributed by atoms with Gasteiger partial charge in [0.25, 0.3) is 5.91 Å². The van der Waals surface area contributed by atoms with Crippen molar-refractivity contribution in [3.8, 4) is 22.0 Å². The number of aliphatic hydroxyl groups excluding tert-OH is 1. The summed E-state index contributed by atoms with van der Waals surface area (Å²) in [5, 5.41) is 21.6. The molecule has 1 saturated heterocycles. The molecule has 18 heteroatoms. The lowest BCUT2D eigenvalue weighted by molar-refractivity contribution is 0.0866. The molecule has 59 heavy (non-hydrogen) atoms. The maximum Gasteiger partial charge on any atom is 0.275 e. The molecule has 5 aromatic rings. The van der Waals surface area contributed by atoms with Gasteiger partial charge in [0.15, 0.2) is 5.82 Å². The van der Waals surface area contributed by atoms with Gasteiger partial charge >= 0.3 is 0 Å². The van der Waals surface area contributed by atoms with Crippen LogP contribution in [0.4, 0.5) is 10.1 Å². The molecule has 2 aliphatic rings. The summed E-state index contributed by atoms with van der Waals surface area (Å²) in [6, 6.07) is 12.5. The number of aliphatic hydroxyl groups is 1. The lowest BCUT2D eigenvalue weighted by Gasteiger charge is -2.32. The molecule has 5 heterocycles. The number of aromatic nitrogens is 6. The molecule has 0 bridgehead atoms. The first kappa shape index (κ1) is 45.7. The van der Waals surface area contributed by atoms with E-state index in [0.29, 0.717) is 40.5 Å². The molecule has 3 N–H and O–H groups in total. The minimum Gasteiger partial charge on any atom is -0.497 e. The van der Waals surface area contributed by atoms with Crippen LogP contribution in [-0.2, 0) is 4.74 Å². The van der Waals surface area contributed by atoms with E-state index < -0.39 is 11.7 Å². The Morgan fingerprint density at radius 1 is 1.03 bits per heavy atom. The van der Waals surface area contributed by atoms with E-state index in [1.165, 1.54) is 28.5 Å². The summed E-state index contributed by atoms with van der Waals surface area (Å²) in [6.45, 7) is 11.4. The van der Waals surface area contributed by atoms with Crippen LogP contribution in [0.5, 0.6) is 0 Å². The van der Waals surface area contributed by atoms with E-state index in [4.69, 9.17) is 19.5 Å². The zero-order chi connectivity index (χ0) is 42.1. The highest BCUT2D eigenvalue weighted by molar-refractivity contribution is 7.93. The molecule has 14 nitrogen and oxygen atoms in total. The molecule has 0 radical (unpaired) electrons. The lowest BCUT2D eigenvalue weighted by Crippen LogP contribution is -2.45. The number of carbonyl (C=O) groups is 2. The molecule has 1 amide bonds. The Labute approximate surface area is 355 Å². The second-order valence-corrected chi connectivity index (χ2v) is 16.1. The lowest BCUT2D eigenvalue weighted by atomic mass is 9.96. The Balaban J connectivity index is 0.000000526. The average Bonchev–Trinajstić information content (AvgIpc) is 4.04. The normalized spacial score (nSPS) is 14.7. The summed E-state index contributed by atoms with van der Waals surface area (Å²) >= 11 is 2.03. The topological polar surface area (TPSA) is 164 Å². The number of amides is 1. The summed E-state index contributed by atoms with van der Waals surface area (Å²) in [7, 11) is 4.59. The first-order valence-electron chi connectivity index (χ1n) is 19.6. The average molecular weight is 866 g/mol. The Hall–Kier alpha value is -4.35. The number of carbonyl (C=O) groups excluding carboxylic acids is 2. The second-order valence-electron chi connectivity index (χ2n) is 14.0. The van der Waals surface area contributed by atoms with Crippen LogP contribution in [-0.4, -0.2) is 114 Å². The maximum absolute atomic E-state index is 14.9. The predicted molar refractivity (Wildman–Crippen MR) is 235 cm³/mol. The van der Waals surface area contributed by atoms with Crippen molar-refractivity contribution >= 4 is 55.6 Å². The number of halogens is 1. The molecule has 316 valence electrons. The van der Waals surface area contributed by atoms with Gasteiger partial charge in [-0.25, -0.2) is 19.0 Å². The summed E-state index contributed by atoms with van der Waals surface area (Å²) in [5.41, 5.74) is 2.07. The first-order valence-corrected chi connectivity index (χ1v) is 21.9. The van der Waals surface area contributed by atoms with E-state index in [1.807, 2.05) is 35.0 Å². The van der Waals surface area contributed by atoms with Crippen molar-refractivity contribution in [2.75, 3.05) is 58.3 Å². The van der Waals surface area contributed by atoms with Gasteiger partial charge in [-0.3, -0.25) is 19.2 Å². The number of pyridine rings is 1. The third kappa shape index (κ3) is 13.9. The molecule has 1 atom stereocenters. The van der Waals surface area contributed by atoms with E-state index in [0.717, 1.165) is 75.3 Å². The molecule has 1 saturated carbocycles. The quantitative estimate of drug-likeness (QED) is 0.0626. The first-order chi connectivity index (χ1) is 28.6. The van der Waals surface area contributed by atoms with Crippen LogP contribution in [0.3, 0.4) is 0 Å². The molecule has 1 aliphatic carbocycles. The largest absolute Gasteiger partial charge is 0.497 e. The number of ether oxygens (including phenoxy) is 1. The number of allylic oxidation sites excluding steroid dienone is 1. The number of nitrogens with zero attached hydrogens (tertiary/aromatic N) is 8. The van der Waals surface area contributed by atoms with Crippen molar-refractivity contribution in [3.05, 3.63) is 90.3 Å². The van der Waals surface area contributed by atoms with Gasteiger partial charge < -0.3 is 24.6 Å². The molecule has 7 rings (SSSR count). The van der Waals surface area contributed by atoms with Crippen molar-refractivity contribution in [2.24, 2.45) is 0 Å². The van der Waals surface area contributed by atoms with Gasteiger partial charge in [0.05, 0.1) is 29.1 Å². The highest BCUT2D eigenvalue weighted by Gasteiger charge is 2.24. The van der Waals surface area contributed by atoms with E-state index in [2.05, 4.69) is 53.0 Å². The Kier molecular flexibility index (Phi) is 18.2. The van der Waals surface area contributed by atoms with Crippen LogP contribution >= 0.6 is 32.6 Å². The molecule has 2 fully saturated rings. The fourth-order valence-electron chi connectivity index (χ4n) is 6.39. The van der Waals surface area contributed by atoms with Crippen LogP contribution in [0.1, 0.15) is 73.2 Å².